The van der Waals surface area contributed by atoms with Crippen LogP contribution in [0.1, 0.15) is 26.3 Å². The molecule has 0 atom stereocenters. The molecule has 4 aromatic rings. The maximum Gasteiger partial charge on any atom is 0.337 e. The molecule has 0 saturated carbocycles. The van der Waals surface area contributed by atoms with E-state index in [2.05, 4.69) is 4.98 Å². The van der Waals surface area contributed by atoms with Crippen LogP contribution in [0.5, 0.6) is 5.75 Å². The van der Waals surface area contributed by atoms with Crippen LogP contribution in [-0.4, -0.2) is 31.1 Å². The summed E-state index contributed by atoms with van der Waals surface area (Å²) < 4.78 is 10.1. The fourth-order valence-corrected chi connectivity index (χ4v) is 3.67. The van der Waals surface area contributed by atoms with Crippen molar-refractivity contribution in [3.8, 4) is 16.9 Å². The minimum Gasteiger partial charge on any atom is -0.496 e. The van der Waals surface area contributed by atoms with Crippen LogP contribution in [0.4, 0.5) is 0 Å². The largest absolute Gasteiger partial charge is 0.496 e. The molecule has 0 aliphatic heterocycles. The van der Waals surface area contributed by atoms with Gasteiger partial charge in [0.1, 0.15) is 5.75 Å². The zero-order valence-corrected chi connectivity index (χ0v) is 16.3. The first-order valence-corrected chi connectivity index (χ1v) is 9.05. The summed E-state index contributed by atoms with van der Waals surface area (Å²) in [6.07, 6.45) is 0. The molecule has 3 aromatic carbocycles. The summed E-state index contributed by atoms with van der Waals surface area (Å²) in [5.41, 5.74) is 10.7. The van der Waals surface area contributed by atoms with Crippen molar-refractivity contribution in [2.45, 2.75) is 6.92 Å². The molecule has 6 nitrogen and oxygen atoms in total. The summed E-state index contributed by atoms with van der Waals surface area (Å²) in [5, 5.41) is 1.75. The lowest BCUT2D eigenvalue weighted by Crippen LogP contribution is -2.11. The van der Waals surface area contributed by atoms with Crippen molar-refractivity contribution in [1.29, 1.82) is 0 Å². The van der Waals surface area contributed by atoms with Gasteiger partial charge in [0.05, 0.1) is 30.9 Å². The van der Waals surface area contributed by atoms with Crippen molar-refractivity contribution in [3.05, 3.63) is 65.2 Å². The third kappa shape index (κ3) is 3.08. The number of nitrogens with two attached hydrogens (primary N) is 1. The van der Waals surface area contributed by atoms with Crippen LogP contribution in [0.15, 0.2) is 48.5 Å². The van der Waals surface area contributed by atoms with E-state index in [1.54, 1.807) is 25.3 Å². The Morgan fingerprint density at radius 1 is 0.931 bits per heavy atom. The van der Waals surface area contributed by atoms with Crippen LogP contribution in [0.3, 0.4) is 0 Å². The lowest BCUT2D eigenvalue weighted by atomic mass is 9.97. The molecule has 146 valence electrons. The highest BCUT2D eigenvalue weighted by Gasteiger charge is 2.16. The average molecular weight is 388 g/mol. The number of carbonyl (C=O) groups is 2. The molecule has 0 radical (unpaired) electrons. The molecule has 0 spiro atoms. The normalized spacial score (nSPS) is 11.0. The van der Waals surface area contributed by atoms with Crippen LogP contribution in [0.25, 0.3) is 32.9 Å². The number of hydrogen-bond acceptors (Lipinski definition) is 4. The Morgan fingerprint density at radius 3 is 2.38 bits per heavy atom. The fraction of sp³-hybridized carbons (Fsp3) is 0.130. The molecule has 0 fully saturated rings. The van der Waals surface area contributed by atoms with Crippen LogP contribution in [0.2, 0.25) is 0 Å². The van der Waals surface area contributed by atoms with Crippen LogP contribution in [-0.2, 0) is 4.74 Å². The van der Waals surface area contributed by atoms with Crippen molar-refractivity contribution in [1.82, 2.24) is 4.98 Å². The molecule has 0 aliphatic rings. The lowest BCUT2D eigenvalue weighted by Gasteiger charge is -2.09. The van der Waals surface area contributed by atoms with Gasteiger partial charge in [-0.05, 0) is 60.0 Å². The topological polar surface area (TPSA) is 94.4 Å². The molecule has 4 rings (SSSR count). The third-order valence-electron chi connectivity index (χ3n) is 5.12. The van der Waals surface area contributed by atoms with Crippen molar-refractivity contribution in [2.24, 2.45) is 5.73 Å². The number of ether oxygens (including phenoxy) is 2. The molecule has 0 saturated heterocycles. The molecular weight excluding hydrogens is 368 g/mol. The van der Waals surface area contributed by atoms with Gasteiger partial charge in [-0.2, -0.15) is 0 Å². The molecule has 1 amide bonds. The van der Waals surface area contributed by atoms with E-state index in [-0.39, 0.29) is 0 Å². The van der Waals surface area contributed by atoms with E-state index < -0.39 is 11.9 Å². The molecule has 1 aromatic heterocycles. The predicted molar refractivity (Wildman–Crippen MR) is 112 cm³/mol. The maximum atomic E-state index is 12.2. The predicted octanol–water partition coefficient (Wildman–Crippen LogP) is 4.19. The lowest BCUT2D eigenvalue weighted by molar-refractivity contribution is 0.0600. The molecule has 29 heavy (non-hydrogen) atoms. The minimum absolute atomic E-state index is 0.391. The Labute approximate surface area is 167 Å². The number of nitrogens with one attached hydrogen (secondary N) is 1. The number of hydrogen-bond donors (Lipinski definition) is 2. The maximum absolute atomic E-state index is 12.2. The number of aromatic amines is 1. The van der Waals surface area contributed by atoms with E-state index in [9.17, 15) is 9.59 Å². The van der Waals surface area contributed by atoms with Gasteiger partial charge in [-0.15, -0.1) is 0 Å². The Kier molecular flexibility index (Phi) is 4.47. The molecule has 0 unspecified atom stereocenters. The quantitative estimate of drug-likeness (QED) is 0.513. The van der Waals surface area contributed by atoms with Gasteiger partial charge >= 0.3 is 5.97 Å². The van der Waals surface area contributed by atoms with Crippen LogP contribution < -0.4 is 10.5 Å². The summed E-state index contributed by atoms with van der Waals surface area (Å²) in [5.74, 6) is -0.149. The van der Waals surface area contributed by atoms with Gasteiger partial charge in [0.15, 0.2) is 0 Å². The first-order chi connectivity index (χ1) is 13.9. The van der Waals surface area contributed by atoms with Crippen molar-refractivity contribution in [3.63, 3.8) is 0 Å². The number of aromatic nitrogens is 1. The zero-order chi connectivity index (χ0) is 20.7. The van der Waals surface area contributed by atoms with Gasteiger partial charge in [-0.25, -0.2) is 4.79 Å². The van der Waals surface area contributed by atoms with Gasteiger partial charge in [-0.3, -0.25) is 4.79 Å². The van der Waals surface area contributed by atoms with Crippen LogP contribution in [0, 0.1) is 6.92 Å². The number of carbonyl (C=O) groups excluding carboxylic acids is 2. The molecule has 6 heteroatoms. The smallest absolute Gasteiger partial charge is 0.337 e. The monoisotopic (exact) mass is 388 g/mol. The number of fused-ring (bicyclic) bond motifs is 3. The van der Waals surface area contributed by atoms with Crippen molar-refractivity contribution < 1.29 is 19.1 Å². The fourth-order valence-electron chi connectivity index (χ4n) is 3.67. The number of esters is 1. The molecule has 0 aliphatic carbocycles. The Hall–Kier alpha value is -3.80. The van der Waals surface area contributed by atoms with E-state index in [0.717, 1.165) is 38.7 Å². The highest BCUT2D eigenvalue weighted by atomic mass is 16.5. The van der Waals surface area contributed by atoms with Crippen molar-refractivity contribution in [2.75, 3.05) is 14.2 Å². The van der Waals surface area contributed by atoms with Gasteiger partial charge in [0, 0.05) is 16.3 Å². The minimum atomic E-state index is -0.526. The number of rotatable bonds is 4. The number of primary amides is 1. The summed E-state index contributed by atoms with van der Waals surface area (Å²) >= 11 is 0. The summed E-state index contributed by atoms with van der Waals surface area (Å²) in [6.45, 7) is 1.97. The number of amides is 1. The Morgan fingerprint density at radius 2 is 1.72 bits per heavy atom. The van der Waals surface area contributed by atoms with E-state index >= 15 is 0 Å². The summed E-state index contributed by atoms with van der Waals surface area (Å²) in [7, 11) is 2.97. The summed E-state index contributed by atoms with van der Waals surface area (Å²) in [6, 6.07) is 14.9. The average Bonchev–Trinajstić information content (AvgIpc) is 3.09. The van der Waals surface area contributed by atoms with Crippen molar-refractivity contribution >= 4 is 33.7 Å². The molecule has 3 N–H and O–H groups in total. The first kappa shape index (κ1) is 18.6. The zero-order valence-electron chi connectivity index (χ0n) is 16.3. The third-order valence-corrected chi connectivity index (χ3v) is 5.12. The number of H-pyrrole nitrogens is 1. The van der Waals surface area contributed by atoms with E-state index in [1.165, 1.54) is 7.11 Å². The molecular formula is C23H20N2O4. The molecule has 1 heterocycles. The van der Waals surface area contributed by atoms with Gasteiger partial charge in [0.25, 0.3) is 5.91 Å². The second kappa shape index (κ2) is 6.98. The van der Waals surface area contributed by atoms with Crippen LogP contribution >= 0.6 is 0 Å². The number of aryl methyl sites for hydroxylation is 1. The highest BCUT2D eigenvalue weighted by Crippen LogP contribution is 2.34. The Balaban J connectivity index is 1.98. The SMILES string of the molecule is COC(=O)c1ccc2c(c1)[nH]c1c(C(N)=O)cc(-c3ccc(OC)c(C)c3)cc12. The van der Waals surface area contributed by atoms with E-state index in [4.69, 9.17) is 15.2 Å². The van der Waals surface area contributed by atoms with Gasteiger partial charge in [-0.1, -0.05) is 12.1 Å². The molecule has 0 bridgehead atoms. The van der Waals surface area contributed by atoms with E-state index in [0.29, 0.717) is 16.6 Å². The second-order valence-electron chi connectivity index (χ2n) is 6.87. The number of benzene rings is 3. The standard InChI is InChI=1S/C23H20N2O4/c1-12-8-13(5-7-20(12)28-2)15-9-17-16-6-4-14(23(27)29-3)11-19(16)25-21(17)18(10-15)22(24)26/h4-11,25H,1-3H3,(H2,24,26). The highest BCUT2D eigenvalue weighted by molar-refractivity contribution is 6.16. The second-order valence-corrected chi connectivity index (χ2v) is 6.87. The van der Waals surface area contributed by atoms with Gasteiger partial charge < -0.3 is 20.2 Å². The van der Waals surface area contributed by atoms with Gasteiger partial charge in [0.2, 0.25) is 0 Å². The van der Waals surface area contributed by atoms with E-state index in [1.807, 2.05) is 37.3 Å². The first-order valence-electron chi connectivity index (χ1n) is 9.05. The Bertz CT molecular complexity index is 1290. The number of methoxy groups -OCH3 is 2. The summed E-state index contributed by atoms with van der Waals surface area (Å²) in [4.78, 5) is 27.2.